The molecule has 0 saturated heterocycles. The van der Waals surface area contributed by atoms with E-state index in [1.807, 2.05) is 38.8 Å². The molecule has 2 N–H and O–H groups in total. The second kappa shape index (κ2) is 5.43. The molecule has 19 heavy (non-hydrogen) atoms. The molecule has 7 nitrogen and oxygen atoms in total. The van der Waals surface area contributed by atoms with Crippen LogP contribution in [0.15, 0.2) is 17.6 Å². The summed E-state index contributed by atoms with van der Waals surface area (Å²) in [4.78, 5) is 18.8. The molecule has 2 rings (SSSR count). The molecule has 0 aliphatic heterocycles. The van der Waals surface area contributed by atoms with Gasteiger partial charge in [0.1, 0.15) is 5.82 Å². The lowest BCUT2D eigenvalue weighted by Crippen LogP contribution is -2.16. The van der Waals surface area contributed by atoms with Crippen LogP contribution in [0.25, 0.3) is 0 Å². The average molecular weight is 279 g/mol. The highest BCUT2D eigenvalue weighted by atomic mass is 32.2. The van der Waals surface area contributed by atoms with Gasteiger partial charge in [-0.1, -0.05) is 11.8 Å². The second-order valence-corrected chi connectivity index (χ2v) is 5.63. The largest absolute Gasteiger partial charge is 0.368 e. The van der Waals surface area contributed by atoms with Gasteiger partial charge in [-0.3, -0.25) is 0 Å². The first-order valence-electron chi connectivity index (χ1n) is 5.80. The molecule has 2 aromatic heterocycles. The van der Waals surface area contributed by atoms with Crippen molar-refractivity contribution >= 4 is 23.7 Å². The number of imidazole rings is 1. The van der Waals surface area contributed by atoms with Crippen LogP contribution in [0.2, 0.25) is 0 Å². The summed E-state index contributed by atoms with van der Waals surface area (Å²) in [6, 6.07) is 0. The summed E-state index contributed by atoms with van der Waals surface area (Å²) in [7, 11) is 5.69. The maximum Gasteiger partial charge on any atom is 0.229 e. The Morgan fingerprint density at radius 1 is 1.32 bits per heavy atom. The van der Waals surface area contributed by atoms with Crippen molar-refractivity contribution in [3.8, 4) is 0 Å². The van der Waals surface area contributed by atoms with Gasteiger partial charge in [0.2, 0.25) is 11.9 Å². The van der Waals surface area contributed by atoms with E-state index in [0.717, 1.165) is 5.16 Å². The Morgan fingerprint density at radius 2 is 2.05 bits per heavy atom. The van der Waals surface area contributed by atoms with E-state index < -0.39 is 0 Å². The smallest absolute Gasteiger partial charge is 0.229 e. The van der Waals surface area contributed by atoms with Crippen molar-refractivity contribution in [2.45, 2.75) is 17.3 Å². The van der Waals surface area contributed by atoms with Crippen molar-refractivity contribution in [3.63, 3.8) is 0 Å². The summed E-state index contributed by atoms with van der Waals surface area (Å²) in [5, 5.41) is 0.961. The van der Waals surface area contributed by atoms with E-state index in [4.69, 9.17) is 5.73 Å². The van der Waals surface area contributed by atoms with Gasteiger partial charge < -0.3 is 15.2 Å². The molecule has 0 aliphatic carbocycles. The van der Waals surface area contributed by atoms with E-state index >= 15 is 0 Å². The number of aromatic nitrogens is 5. The monoisotopic (exact) mass is 279 g/mol. The highest BCUT2D eigenvalue weighted by molar-refractivity contribution is 7.99. The second-order valence-electron chi connectivity index (χ2n) is 4.33. The molecule has 1 atom stereocenters. The number of nitrogens with two attached hydrogens (primary N) is 1. The van der Waals surface area contributed by atoms with Crippen LogP contribution in [-0.4, -0.2) is 38.6 Å². The van der Waals surface area contributed by atoms with Crippen molar-refractivity contribution in [1.82, 2.24) is 24.5 Å². The Morgan fingerprint density at radius 3 is 2.63 bits per heavy atom. The first-order chi connectivity index (χ1) is 8.97. The van der Waals surface area contributed by atoms with Gasteiger partial charge in [0.25, 0.3) is 0 Å². The number of nitrogen functional groups attached to an aromatic ring is 1. The predicted octanol–water partition coefficient (Wildman–Crippen LogP) is 1.11. The zero-order valence-electron chi connectivity index (χ0n) is 11.4. The number of anilines is 2. The summed E-state index contributed by atoms with van der Waals surface area (Å²) >= 11 is 1.58. The molecule has 0 radical (unpaired) electrons. The third kappa shape index (κ3) is 3.14. The van der Waals surface area contributed by atoms with Gasteiger partial charge >= 0.3 is 0 Å². The fourth-order valence-corrected chi connectivity index (χ4v) is 2.33. The third-order valence-electron chi connectivity index (χ3n) is 2.48. The van der Waals surface area contributed by atoms with E-state index in [0.29, 0.717) is 11.8 Å². The van der Waals surface area contributed by atoms with Crippen molar-refractivity contribution in [2.75, 3.05) is 24.7 Å². The highest BCUT2D eigenvalue weighted by Crippen LogP contribution is 2.32. The summed E-state index contributed by atoms with van der Waals surface area (Å²) in [5.41, 5.74) is 5.72. The minimum Gasteiger partial charge on any atom is -0.368 e. The van der Waals surface area contributed by atoms with Gasteiger partial charge in [0.05, 0.1) is 5.25 Å². The van der Waals surface area contributed by atoms with Crippen LogP contribution in [0.5, 0.6) is 0 Å². The van der Waals surface area contributed by atoms with Gasteiger partial charge in [-0.2, -0.15) is 15.0 Å². The standard InChI is InChI=1S/C11H17N7S/c1-7(19-11-13-5-6-18(11)4)8-14-9(12)16-10(15-8)17(2)3/h5-7H,1-4H3,(H2,12,14,15,16)/t7-/m0/s1. The van der Waals surface area contributed by atoms with Crippen LogP contribution in [0.3, 0.4) is 0 Å². The molecule has 2 aromatic rings. The van der Waals surface area contributed by atoms with Gasteiger partial charge in [-0.25, -0.2) is 4.98 Å². The highest BCUT2D eigenvalue weighted by Gasteiger charge is 2.16. The fourth-order valence-electron chi connectivity index (χ4n) is 1.46. The lowest BCUT2D eigenvalue weighted by molar-refractivity contribution is 0.781. The molecule has 0 amide bonds. The summed E-state index contributed by atoms with van der Waals surface area (Å²) in [5.74, 6) is 1.46. The first kappa shape index (κ1) is 13.6. The minimum absolute atomic E-state index is 0.0464. The fraction of sp³-hybridized carbons (Fsp3) is 0.455. The zero-order valence-corrected chi connectivity index (χ0v) is 12.2. The lowest BCUT2D eigenvalue weighted by atomic mass is 10.4. The van der Waals surface area contributed by atoms with Crippen LogP contribution in [0.4, 0.5) is 11.9 Å². The summed E-state index contributed by atoms with van der Waals surface area (Å²) in [6.07, 6.45) is 3.67. The van der Waals surface area contributed by atoms with Crippen LogP contribution in [0, 0.1) is 0 Å². The Bertz CT molecular complexity index is 566. The van der Waals surface area contributed by atoms with Gasteiger partial charge in [0.15, 0.2) is 5.16 Å². The molecule has 0 unspecified atom stereocenters. The number of rotatable bonds is 4. The third-order valence-corrected chi connectivity index (χ3v) is 3.65. The van der Waals surface area contributed by atoms with Gasteiger partial charge in [-0.05, 0) is 6.92 Å². The van der Waals surface area contributed by atoms with E-state index in [2.05, 4.69) is 19.9 Å². The van der Waals surface area contributed by atoms with Crippen molar-refractivity contribution in [3.05, 3.63) is 18.2 Å². The zero-order chi connectivity index (χ0) is 14.0. The quantitative estimate of drug-likeness (QED) is 0.839. The van der Waals surface area contributed by atoms with Crippen LogP contribution in [-0.2, 0) is 7.05 Å². The number of aryl methyl sites for hydroxylation is 1. The summed E-state index contributed by atoms with van der Waals surface area (Å²) in [6.45, 7) is 2.02. The molecule has 0 saturated carbocycles. The SMILES string of the molecule is C[C@H](Sc1nccn1C)c1nc(N)nc(N(C)C)n1. The normalized spacial score (nSPS) is 12.4. The first-order valence-corrected chi connectivity index (χ1v) is 6.68. The molecule has 0 aromatic carbocycles. The maximum absolute atomic E-state index is 5.72. The predicted molar refractivity (Wildman–Crippen MR) is 76.0 cm³/mol. The molecule has 0 bridgehead atoms. The van der Waals surface area contributed by atoms with Gasteiger partial charge in [-0.15, -0.1) is 0 Å². The van der Waals surface area contributed by atoms with E-state index in [-0.39, 0.29) is 11.2 Å². The lowest BCUT2D eigenvalue weighted by Gasteiger charge is -2.14. The van der Waals surface area contributed by atoms with E-state index in [1.165, 1.54) is 0 Å². The number of hydrogen-bond acceptors (Lipinski definition) is 7. The number of nitrogens with zero attached hydrogens (tertiary/aromatic N) is 6. The van der Waals surface area contributed by atoms with E-state index in [1.54, 1.807) is 22.9 Å². The number of thioether (sulfide) groups is 1. The number of hydrogen-bond donors (Lipinski definition) is 1. The molecule has 0 fully saturated rings. The molecule has 0 spiro atoms. The molecular weight excluding hydrogens is 262 g/mol. The molecular formula is C11H17N7S. The van der Waals surface area contributed by atoms with Crippen molar-refractivity contribution < 1.29 is 0 Å². The van der Waals surface area contributed by atoms with Crippen LogP contribution >= 0.6 is 11.8 Å². The summed E-state index contributed by atoms with van der Waals surface area (Å²) < 4.78 is 1.96. The Kier molecular flexibility index (Phi) is 3.89. The van der Waals surface area contributed by atoms with Crippen LogP contribution < -0.4 is 10.6 Å². The average Bonchev–Trinajstić information content (AvgIpc) is 2.74. The molecule has 8 heteroatoms. The minimum atomic E-state index is 0.0464. The topological polar surface area (TPSA) is 85.8 Å². The molecule has 102 valence electrons. The van der Waals surface area contributed by atoms with Crippen molar-refractivity contribution in [2.24, 2.45) is 7.05 Å². The van der Waals surface area contributed by atoms with E-state index in [9.17, 15) is 0 Å². The van der Waals surface area contributed by atoms with Crippen LogP contribution in [0.1, 0.15) is 18.0 Å². The Balaban J connectivity index is 2.23. The Hall–Kier alpha value is -1.83. The molecule has 0 aliphatic rings. The Labute approximate surface area is 116 Å². The van der Waals surface area contributed by atoms with Gasteiger partial charge in [0, 0.05) is 33.5 Å². The van der Waals surface area contributed by atoms with Crippen molar-refractivity contribution in [1.29, 1.82) is 0 Å². The molecule has 2 heterocycles. The maximum atomic E-state index is 5.72.